The molecule has 0 saturated heterocycles. The van der Waals surface area contributed by atoms with Crippen LogP contribution in [0.5, 0.6) is 0 Å². The van der Waals surface area contributed by atoms with Crippen molar-refractivity contribution in [1.82, 2.24) is 0 Å². The van der Waals surface area contributed by atoms with Crippen LogP contribution in [0.2, 0.25) is 0 Å². The molecule has 0 aromatic rings. The molecule has 0 aliphatic rings. The highest BCUT2D eigenvalue weighted by Crippen LogP contribution is 2.05. The van der Waals surface area contributed by atoms with Crippen LogP contribution in [0.25, 0.3) is 0 Å². The summed E-state index contributed by atoms with van der Waals surface area (Å²) in [4.78, 5) is 0. The van der Waals surface area contributed by atoms with Gasteiger partial charge in [0.25, 0.3) is 0 Å². The van der Waals surface area contributed by atoms with Crippen molar-refractivity contribution < 1.29 is 14.6 Å². The molecule has 2 unspecified atom stereocenters. The highest BCUT2D eigenvalue weighted by Gasteiger charge is 2.16. The second-order valence-corrected chi connectivity index (χ2v) is 3.70. The standard InChI is InChI=1S/C9H21NO3/c1-8(6-12-3)13-5-4-9(2,10)7-11/h8,11H,4-7,10H2,1-3H3. The van der Waals surface area contributed by atoms with Gasteiger partial charge in [0.05, 0.1) is 19.3 Å². The van der Waals surface area contributed by atoms with E-state index in [4.69, 9.17) is 20.3 Å². The molecule has 0 aromatic heterocycles. The molecule has 0 amide bonds. The predicted octanol–water partition coefficient (Wildman–Crippen LogP) is 0.138. The maximum atomic E-state index is 8.86. The molecule has 13 heavy (non-hydrogen) atoms. The van der Waals surface area contributed by atoms with E-state index in [-0.39, 0.29) is 12.7 Å². The zero-order valence-electron chi connectivity index (χ0n) is 8.75. The second-order valence-electron chi connectivity index (χ2n) is 3.70. The van der Waals surface area contributed by atoms with Gasteiger partial charge >= 0.3 is 0 Å². The van der Waals surface area contributed by atoms with E-state index >= 15 is 0 Å². The molecule has 0 aliphatic heterocycles. The number of ether oxygens (including phenoxy) is 2. The fourth-order valence-corrected chi connectivity index (χ4v) is 0.855. The zero-order valence-corrected chi connectivity index (χ0v) is 8.75. The molecule has 3 N–H and O–H groups in total. The smallest absolute Gasteiger partial charge is 0.0780 e. The molecule has 4 nitrogen and oxygen atoms in total. The number of aliphatic hydroxyl groups excluding tert-OH is 1. The third-order valence-electron chi connectivity index (χ3n) is 1.84. The highest BCUT2D eigenvalue weighted by molar-refractivity contribution is 4.76. The van der Waals surface area contributed by atoms with E-state index in [0.717, 1.165) is 0 Å². The normalized spacial score (nSPS) is 18.2. The summed E-state index contributed by atoms with van der Waals surface area (Å²) in [5.41, 5.74) is 5.18. The van der Waals surface area contributed by atoms with Gasteiger partial charge in [-0.2, -0.15) is 0 Å². The number of hydrogen-bond donors (Lipinski definition) is 2. The van der Waals surface area contributed by atoms with Crippen LogP contribution in [0, 0.1) is 0 Å². The van der Waals surface area contributed by atoms with Crippen molar-refractivity contribution in [2.45, 2.75) is 31.9 Å². The Hall–Kier alpha value is -0.160. The fraction of sp³-hybridized carbons (Fsp3) is 1.00. The minimum absolute atomic E-state index is 0.0188. The van der Waals surface area contributed by atoms with Gasteiger partial charge in [0.2, 0.25) is 0 Å². The molecule has 0 rings (SSSR count). The first-order valence-corrected chi connectivity index (χ1v) is 4.52. The largest absolute Gasteiger partial charge is 0.394 e. The van der Waals surface area contributed by atoms with Gasteiger partial charge in [0.15, 0.2) is 0 Å². The van der Waals surface area contributed by atoms with Gasteiger partial charge < -0.3 is 20.3 Å². The van der Waals surface area contributed by atoms with Gasteiger partial charge in [0.1, 0.15) is 0 Å². The third-order valence-corrected chi connectivity index (χ3v) is 1.84. The predicted molar refractivity (Wildman–Crippen MR) is 51.6 cm³/mol. The van der Waals surface area contributed by atoms with E-state index in [2.05, 4.69) is 0 Å². The van der Waals surface area contributed by atoms with E-state index < -0.39 is 5.54 Å². The molecular formula is C9H21NO3. The number of rotatable bonds is 7. The van der Waals surface area contributed by atoms with Crippen LogP contribution in [0.3, 0.4) is 0 Å². The van der Waals surface area contributed by atoms with E-state index in [0.29, 0.717) is 19.6 Å². The summed E-state index contributed by atoms with van der Waals surface area (Å²) in [5.74, 6) is 0. The van der Waals surface area contributed by atoms with Crippen molar-refractivity contribution in [3.63, 3.8) is 0 Å². The van der Waals surface area contributed by atoms with E-state index in [9.17, 15) is 0 Å². The van der Waals surface area contributed by atoms with Gasteiger partial charge in [-0.3, -0.25) is 0 Å². The molecular weight excluding hydrogens is 170 g/mol. The average molecular weight is 191 g/mol. The minimum atomic E-state index is -0.535. The molecule has 0 radical (unpaired) electrons. The Morgan fingerprint density at radius 3 is 2.62 bits per heavy atom. The number of methoxy groups -OCH3 is 1. The number of aliphatic hydroxyl groups is 1. The van der Waals surface area contributed by atoms with Gasteiger partial charge in [-0.15, -0.1) is 0 Å². The van der Waals surface area contributed by atoms with Gasteiger partial charge in [-0.1, -0.05) is 0 Å². The molecule has 80 valence electrons. The van der Waals surface area contributed by atoms with Crippen LogP contribution < -0.4 is 5.73 Å². The molecule has 0 bridgehead atoms. The molecule has 2 atom stereocenters. The maximum Gasteiger partial charge on any atom is 0.0780 e. The van der Waals surface area contributed by atoms with Crippen molar-refractivity contribution in [2.75, 3.05) is 26.9 Å². The van der Waals surface area contributed by atoms with Crippen LogP contribution in [-0.4, -0.2) is 43.7 Å². The summed E-state index contributed by atoms with van der Waals surface area (Å²) in [5, 5.41) is 8.86. The van der Waals surface area contributed by atoms with Crippen LogP contribution in [0.1, 0.15) is 20.3 Å². The Kier molecular flexibility index (Phi) is 6.24. The molecule has 0 fully saturated rings. The van der Waals surface area contributed by atoms with E-state index in [1.807, 2.05) is 6.92 Å². The van der Waals surface area contributed by atoms with Crippen molar-refractivity contribution in [1.29, 1.82) is 0 Å². The number of hydrogen-bond acceptors (Lipinski definition) is 4. The van der Waals surface area contributed by atoms with Gasteiger partial charge in [0, 0.05) is 19.3 Å². The Balaban J connectivity index is 3.44. The lowest BCUT2D eigenvalue weighted by atomic mass is 10.0. The first-order chi connectivity index (χ1) is 6.02. The first-order valence-electron chi connectivity index (χ1n) is 4.52. The highest BCUT2D eigenvalue weighted by atomic mass is 16.5. The SMILES string of the molecule is COCC(C)OCCC(C)(N)CO. The second kappa shape index (κ2) is 6.32. The van der Waals surface area contributed by atoms with E-state index in [1.54, 1.807) is 14.0 Å². The summed E-state index contributed by atoms with van der Waals surface area (Å²) in [7, 11) is 1.64. The van der Waals surface area contributed by atoms with Crippen molar-refractivity contribution in [3.8, 4) is 0 Å². The molecule has 0 aromatic carbocycles. The summed E-state index contributed by atoms with van der Waals surface area (Å²) < 4.78 is 10.3. The number of nitrogens with two attached hydrogens (primary N) is 1. The van der Waals surface area contributed by atoms with E-state index in [1.165, 1.54) is 0 Å². The molecule has 4 heteroatoms. The Morgan fingerprint density at radius 2 is 2.15 bits per heavy atom. The Morgan fingerprint density at radius 1 is 1.54 bits per heavy atom. The van der Waals surface area contributed by atoms with Crippen molar-refractivity contribution in [3.05, 3.63) is 0 Å². The lowest BCUT2D eigenvalue weighted by Gasteiger charge is -2.22. The van der Waals surface area contributed by atoms with Crippen LogP contribution in [-0.2, 0) is 9.47 Å². The summed E-state index contributed by atoms with van der Waals surface area (Å²) in [6, 6.07) is 0. The lowest BCUT2D eigenvalue weighted by Crippen LogP contribution is -2.41. The molecule has 0 heterocycles. The minimum Gasteiger partial charge on any atom is -0.394 e. The summed E-state index contributed by atoms with van der Waals surface area (Å²) in [6.07, 6.45) is 0.733. The quantitative estimate of drug-likeness (QED) is 0.600. The Bertz CT molecular complexity index is 128. The third kappa shape index (κ3) is 6.95. The first kappa shape index (κ1) is 12.8. The van der Waals surface area contributed by atoms with Gasteiger partial charge in [-0.25, -0.2) is 0 Å². The molecule has 0 aliphatic carbocycles. The van der Waals surface area contributed by atoms with Crippen LogP contribution in [0.15, 0.2) is 0 Å². The maximum absolute atomic E-state index is 8.86. The molecule has 0 saturated carbocycles. The monoisotopic (exact) mass is 191 g/mol. The van der Waals surface area contributed by atoms with Crippen LogP contribution >= 0.6 is 0 Å². The summed E-state index contributed by atoms with van der Waals surface area (Å²) in [6.45, 7) is 4.86. The lowest BCUT2D eigenvalue weighted by molar-refractivity contribution is 0.00000645. The molecule has 0 spiro atoms. The Labute approximate surface area is 80.0 Å². The topological polar surface area (TPSA) is 64.7 Å². The fourth-order valence-electron chi connectivity index (χ4n) is 0.855. The zero-order chi connectivity index (χ0) is 10.3. The van der Waals surface area contributed by atoms with Crippen LogP contribution in [0.4, 0.5) is 0 Å². The summed E-state index contributed by atoms with van der Waals surface area (Å²) >= 11 is 0. The van der Waals surface area contributed by atoms with Crippen molar-refractivity contribution >= 4 is 0 Å². The van der Waals surface area contributed by atoms with Gasteiger partial charge in [-0.05, 0) is 20.3 Å². The average Bonchev–Trinajstić information content (AvgIpc) is 2.05. The van der Waals surface area contributed by atoms with Crippen molar-refractivity contribution in [2.24, 2.45) is 5.73 Å².